The highest BCUT2D eigenvalue weighted by Crippen LogP contribution is 2.33. The Bertz CT molecular complexity index is 1390. The molecular weight excluding hydrogens is 457 g/mol. The number of benzene rings is 3. The van der Waals surface area contributed by atoms with Gasteiger partial charge in [0.1, 0.15) is 5.82 Å². The molecule has 10 heteroatoms. The van der Waals surface area contributed by atoms with Gasteiger partial charge in [0, 0.05) is 24.4 Å². The second-order valence-corrected chi connectivity index (χ2v) is 8.55. The molecule has 0 radical (unpaired) electrons. The highest BCUT2D eigenvalue weighted by molar-refractivity contribution is 7.99. The molecule has 0 saturated carbocycles. The van der Waals surface area contributed by atoms with Crippen molar-refractivity contribution >= 4 is 29.0 Å². The molecule has 1 aromatic heterocycles. The van der Waals surface area contributed by atoms with Gasteiger partial charge in [0.15, 0.2) is 11.0 Å². The molecule has 4 aromatic rings. The summed E-state index contributed by atoms with van der Waals surface area (Å²) >= 11 is 1.19. The number of halogens is 1. The average Bonchev–Trinajstić information content (AvgIpc) is 3.47. The number of fused-ring (bicyclic) bond motifs is 1. The normalized spacial score (nSPS) is 12.6. The number of hydrogen-bond donors (Lipinski definition) is 0. The summed E-state index contributed by atoms with van der Waals surface area (Å²) in [7, 11) is 0. The number of nitro groups is 1. The second kappa shape index (κ2) is 9.06. The van der Waals surface area contributed by atoms with Crippen molar-refractivity contribution in [3.8, 4) is 17.1 Å². The molecule has 0 unspecified atom stereocenters. The number of rotatable bonds is 6. The predicted octanol–water partition coefficient (Wildman–Crippen LogP) is 4.66. The Kier molecular flexibility index (Phi) is 5.81. The van der Waals surface area contributed by atoms with Gasteiger partial charge < -0.3 is 4.90 Å². The summed E-state index contributed by atoms with van der Waals surface area (Å²) in [6.07, 6.45) is 0.640. The summed E-state index contributed by atoms with van der Waals surface area (Å²) in [5.41, 5.74) is 2.46. The topological polar surface area (TPSA) is 94.2 Å². The fourth-order valence-electron chi connectivity index (χ4n) is 3.93. The van der Waals surface area contributed by atoms with Crippen molar-refractivity contribution in [1.29, 1.82) is 0 Å². The van der Waals surface area contributed by atoms with Gasteiger partial charge >= 0.3 is 0 Å². The van der Waals surface area contributed by atoms with E-state index in [9.17, 15) is 19.3 Å². The van der Waals surface area contributed by atoms with Crippen LogP contribution in [0.3, 0.4) is 0 Å². The van der Waals surface area contributed by atoms with Crippen LogP contribution >= 0.6 is 11.8 Å². The van der Waals surface area contributed by atoms with E-state index in [1.165, 1.54) is 30.0 Å². The van der Waals surface area contributed by atoms with Crippen LogP contribution < -0.4 is 4.90 Å². The van der Waals surface area contributed by atoms with Crippen LogP contribution in [0.4, 0.5) is 15.8 Å². The summed E-state index contributed by atoms with van der Waals surface area (Å²) < 4.78 is 16.3. The van der Waals surface area contributed by atoms with E-state index in [-0.39, 0.29) is 17.3 Å². The Balaban J connectivity index is 1.43. The molecule has 34 heavy (non-hydrogen) atoms. The molecule has 8 nitrogen and oxygen atoms in total. The molecule has 0 N–H and O–H groups in total. The van der Waals surface area contributed by atoms with Crippen LogP contribution in [-0.4, -0.2) is 37.9 Å². The number of thioether (sulfide) groups is 1. The summed E-state index contributed by atoms with van der Waals surface area (Å²) in [5, 5.41) is 20.1. The minimum atomic E-state index is -0.470. The zero-order valence-corrected chi connectivity index (χ0v) is 18.6. The van der Waals surface area contributed by atoms with Crippen LogP contribution in [0.1, 0.15) is 5.56 Å². The van der Waals surface area contributed by atoms with Crippen molar-refractivity contribution in [2.24, 2.45) is 0 Å². The molecule has 2 heterocycles. The highest BCUT2D eigenvalue weighted by Gasteiger charge is 2.27. The monoisotopic (exact) mass is 475 g/mol. The van der Waals surface area contributed by atoms with Gasteiger partial charge in [-0.25, -0.2) is 4.39 Å². The van der Waals surface area contributed by atoms with Crippen LogP contribution in [0.15, 0.2) is 78.0 Å². The standard InChI is InChI=1S/C24H18FN5O3S/c25-20-9-5-4-8-19(20)23-26-27-24(29(23)17-6-2-1-3-7-17)34-15-22(31)28-13-12-16-10-11-18(30(32)33)14-21(16)28/h1-11,14H,12-13,15H2. The first-order chi connectivity index (χ1) is 16.5. The average molecular weight is 476 g/mol. The highest BCUT2D eigenvalue weighted by atomic mass is 32.2. The van der Waals surface area contributed by atoms with Gasteiger partial charge in [0.2, 0.25) is 5.91 Å². The Morgan fingerprint density at radius 2 is 1.82 bits per heavy atom. The Labute approximate surface area is 198 Å². The fourth-order valence-corrected chi connectivity index (χ4v) is 4.76. The number of nitrogens with zero attached hydrogens (tertiary/aromatic N) is 5. The van der Waals surface area contributed by atoms with Gasteiger partial charge in [-0.05, 0) is 36.2 Å². The zero-order chi connectivity index (χ0) is 23.7. The lowest BCUT2D eigenvalue weighted by Crippen LogP contribution is -2.30. The van der Waals surface area contributed by atoms with Gasteiger partial charge in [0.25, 0.3) is 5.69 Å². The summed E-state index contributed by atoms with van der Waals surface area (Å²) in [4.78, 5) is 25.3. The van der Waals surface area contributed by atoms with E-state index in [0.29, 0.717) is 35.2 Å². The number of anilines is 1. The van der Waals surface area contributed by atoms with E-state index >= 15 is 0 Å². The van der Waals surface area contributed by atoms with Gasteiger partial charge in [-0.2, -0.15) is 0 Å². The van der Waals surface area contributed by atoms with Gasteiger partial charge in [-0.3, -0.25) is 19.5 Å². The molecule has 0 saturated heterocycles. The molecule has 0 aliphatic carbocycles. The van der Waals surface area contributed by atoms with E-state index < -0.39 is 10.7 Å². The third-order valence-electron chi connectivity index (χ3n) is 5.56. The second-order valence-electron chi connectivity index (χ2n) is 7.61. The maximum Gasteiger partial charge on any atom is 0.271 e. The lowest BCUT2D eigenvalue weighted by atomic mass is 10.1. The number of hydrogen-bond acceptors (Lipinski definition) is 6. The predicted molar refractivity (Wildman–Crippen MR) is 127 cm³/mol. The number of carbonyl (C=O) groups excluding carboxylic acids is 1. The minimum absolute atomic E-state index is 0.0460. The Morgan fingerprint density at radius 3 is 2.59 bits per heavy atom. The SMILES string of the molecule is O=C(CSc1nnc(-c2ccccc2F)n1-c1ccccc1)N1CCc2ccc([N+](=O)[O-])cc21. The number of non-ortho nitro benzene ring substituents is 1. The van der Waals surface area contributed by atoms with Gasteiger partial charge in [-0.15, -0.1) is 10.2 Å². The molecular formula is C24H18FN5O3S. The van der Waals surface area contributed by atoms with Crippen LogP contribution in [0.5, 0.6) is 0 Å². The van der Waals surface area contributed by atoms with E-state index in [2.05, 4.69) is 10.2 Å². The lowest BCUT2D eigenvalue weighted by molar-refractivity contribution is -0.384. The lowest BCUT2D eigenvalue weighted by Gasteiger charge is -2.17. The minimum Gasteiger partial charge on any atom is -0.311 e. The van der Waals surface area contributed by atoms with Gasteiger partial charge in [-0.1, -0.05) is 48.2 Å². The quantitative estimate of drug-likeness (QED) is 0.229. The Morgan fingerprint density at radius 1 is 1.06 bits per heavy atom. The molecule has 0 atom stereocenters. The molecule has 170 valence electrons. The molecule has 5 rings (SSSR count). The first-order valence-corrected chi connectivity index (χ1v) is 11.5. The van der Waals surface area contributed by atoms with Crippen LogP contribution in [-0.2, 0) is 11.2 Å². The zero-order valence-electron chi connectivity index (χ0n) is 17.8. The maximum atomic E-state index is 14.5. The van der Waals surface area contributed by atoms with Crippen molar-refractivity contribution in [3.05, 3.63) is 94.3 Å². The summed E-state index contributed by atoms with van der Waals surface area (Å²) in [5.74, 6) is -0.236. The van der Waals surface area contributed by atoms with E-state index in [4.69, 9.17) is 0 Å². The largest absolute Gasteiger partial charge is 0.311 e. The molecule has 0 bridgehead atoms. The molecule has 0 fully saturated rings. The Hall–Kier alpha value is -4.05. The van der Waals surface area contributed by atoms with E-state index in [0.717, 1.165) is 11.3 Å². The number of aromatic nitrogens is 3. The molecule has 1 aliphatic heterocycles. The van der Waals surface area contributed by atoms with E-state index in [1.807, 2.05) is 30.3 Å². The number of nitro benzene ring substituents is 1. The van der Waals surface area contributed by atoms with Crippen molar-refractivity contribution < 1.29 is 14.1 Å². The van der Waals surface area contributed by atoms with E-state index in [1.54, 1.807) is 33.7 Å². The molecule has 3 aromatic carbocycles. The van der Waals surface area contributed by atoms with Crippen LogP contribution in [0.25, 0.3) is 17.1 Å². The van der Waals surface area contributed by atoms with Crippen molar-refractivity contribution in [2.45, 2.75) is 11.6 Å². The third kappa shape index (κ3) is 4.03. The van der Waals surface area contributed by atoms with Crippen molar-refractivity contribution in [2.75, 3.05) is 17.2 Å². The molecule has 1 aliphatic rings. The van der Waals surface area contributed by atoms with Crippen LogP contribution in [0.2, 0.25) is 0 Å². The smallest absolute Gasteiger partial charge is 0.271 e. The van der Waals surface area contributed by atoms with Crippen molar-refractivity contribution in [3.63, 3.8) is 0 Å². The van der Waals surface area contributed by atoms with Gasteiger partial charge in [0.05, 0.1) is 21.9 Å². The number of para-hydroxylation sites is 1. The van der Waals surface area contributed by atoms with Crippen molar-refractivity contribution in [1.82, 2.24) is 14.8 Å². The first-order valence-electron chi connectivity index (χ1n) is 10.5. The number of amides is 1. The van der Waals surface area contributed by atoms with Crippen LogP contribution in [0, 0.1) is 15.9 Å². The summed E-state index contributed by atoms with van der Waals surface area (Å²) in [6.45, 7) is 0.460. The summed E-state index contributed by atoms with van der Waals surface area (Å²) in [6, 6.07) is 20.2. The first kappa shape index (κ1) is 21.8. The molecule has 0 spiro atoms. The molecule has 1 amide bonds. The maximum absolute atomic E-state index is 14.5. The fraction of sp³-hybridized carbons (Fsp3) is 0.125. The third-order valence-corrected chi connectivity index (χ3v) is 6.48. The number of carbonyl (C=O) groups is 1.